The third-order valence-corrected chi connectivity index (χ3v) is 4.41. The lowest BCUT2D eigenvalue weighted by atomic mass is 9.80. The zero-order valence-corrected chi connectivity index (χ0v) is 12.5. The van der Waals surface area contributed by atoms with E-state index in [9.17, 15) is 9.59 Å². The lowest BCUT2D eigenvalue weighted by Gasteiger charge is -2.52. The predicted octanol–water partition coefficient (Wildman–Crippen LogP) is 2.08. The van der Waals surface area contributed by atoms with Gasteiger partial charge in [-0.1, -0.05) is 20.8 Å². The van der Waals surface area contributed by atoms with Crippen molar-refractivity contribution in [1.29, 1.82) is 0 Å². The molecule has 0 aromatic heterocycles. The molecule has 18 heavy (non-hydrogen) atoms. The normalized spacial score (nSPS) is 27.6. The zero-order chi connectivity index (χ0) is 14.1. The molecule has 0 radical (unpaired) electrons. The lowest BCUT2D eigenvalue weighted by molar-refractivity contribution is -0.165. The van der Waals surface area contributed by atoms with Crippen LogP contribution < -0.4 is 5.32 Å². The summed E-state index contributed by atoms with van der Waals surface area (Å²) in [5.74, 6) is 0.0356. The fourth-order valence-corrected chi connectivity index (χ4v) is 2.83. The summed E-state index contributed by atoms with van der Waals surface area (Å²) in [6, 6.07) is 0.0333. The fraction of sp³-hybridized carbons (Fsp3) is 0.857. The Bertz CT molecular complexity index is 348. The van der Waals surface area contributed by atoms with Gasteiger partial charge in [0.25, 0.3) is 0 Å². The lowest BCUT2D eigenvalue weighted by Crippen LogP contribution is -2.75. The predicted molar refractivity (Wildman–Crippen MR) is 72.1 cm³/mol. The Morgan fingerprint density at radius 3 is 1.94 bits per heavy atom. The molecule has 1 saturated heterocycles. The van der Waals surface area contributed by atoms with E-state index < -0.39 is 11.1 Å². The number of carbonyl (C=O) groups is 2. The van der Waals surface area contributed by atoms with Gasteiger partial charge in [0.2, 0.25) is 11.8 Å². The second-order valence-electron chi connectivity index (χ2n) is 5.64. The van der Waals surface area contributed by atoms with Crippen LogP contribution in [0.15, 0.2) is 0 Å². The summed E-state index contributed by atoms with van der Waals surface area (Å²) >= 11 is 0. The Labute approximate surface area is 110 Å². The van der Waals surface area contributed by atoms with Gasteiger partial charge in [-0.2, -0.15) is 0 Å². The van der Waals surface area contributed by atoms with Gasteiger partial charge in [-0.25, -0.2) is 0 Å². The highest BCUT2D eigenvalue weighted by Crippen LogP contribution is 2.33. The van der Waals surface area contributed by atoms with Gasteiger partial charge in [-0.15, -0.1) is 0 Å². The van der Waals surface area contributed by atoms with Crippen molar-refractivity contribution >= 4 is 11.8 Å². The van der Waals surface area contributed by atoms with E-state index in [1.165, 1.54) is 0 Å². The first kappa shape index (κ1) is 15.0. The minimum Gasteiger partial charge on any atom is -0.340 e. The molecule has 1 aliphatic rings. The van der Waals surface area contributed by atoms with Gasteiger partial charge in [-0.05, 0) is 40.0 Å². The number of carbonyl (C=O) groups excluding carboxylic acids is 2. The summed E-state index contributed by atoms with van der Waals surface area (Å²) in [6.45, 7) is 11.7. The molecule has 1 rings (SSSR count). The van der Waals surface area contributed by atoms with Crippen molar-refractivity contribution in [2.45, 2.75) is 77.9 Å². The van der Waals surface area contributed by atoms with Gasteiger partial charge in [0, 0.05) is 6.04 Å². The third-order valence-electron chi connectivity index (χ3n) is 4.41. The molecule has 0 aliphatic carbocycles. The van der Waals surface area contributed by atoms with Crippen LogP contribution in [0.1, 0.15) is 60.8 Å². The molecule has 1 aliphatic heterocycles. The van der Waals surface area contributed by atoms with Crippen LogP contribution in [0.4, 0.5) is 0 Å². The Kier molecular flexibility index (Phi) is 4.08. The number of hydrogen-bond acceptors (Lipinski definition) is 2. The molecule has 1 unspecified atom stereocenters. The van der Waals surface area contributed by atoms with Crippen molar-refractivity contribution in [3.05, 3.63) is 0 Å². The van der Waals surface area contributed by atoms with Crippen LogP contribution in [-0.2, 0) is 9.59 Å². The monoisotopic (exact) mass is 254 g/mol. The molecule has 1 heterocycles. The number of hydrogen-bond donors (Lipinski definition) is 1. The average Bonchev–Trinajstić information content (AvgIpc) is 2.33. The molecule has 1 atom stereocenters. The Hall–Kier alpha value is -1.06. The third kappa shape index (κ3) is 1.91. The van der Waals surface area contributed by atoms with Crippen molar-refractivity contribution in [2.24, 2.45) is 0 Å². The van der Waals surface area contributed by atoms with Gasteiger partial charge in [0.05, 0.1) is 0 Å². The fourth-order valence-electron chi connectivity index (χ4n) is 2.83. The SMILES string of the molecule is CCC1(CC)NC(=O)C(C)(CC)N(C(C)C)C1=O. The van der Waals surface area contributed by atoms with Gasteiger partial charge in [0.15, 0.2) is 0 Å². The summed E-state index contributed by atoms with van der Waals surface area (Å²) in [7, 11) is 0. The number of nitrogens with one attached hydrogen (secondary N) is 1. The van der Waals surface area contributed by atoms with E-state index in [1.54, 1.807) is 4.90 Å². The van der Waals surface area contributed by atoms with Crippen molar-refractivity contribution in [3.63, 3.8) is 0 Å². The molecule has 2 amide bonds. The second-order valence-corrected chi connectivity index (χ2v) is 5.64. The van der Waals surface area contributed by atoms with E-state index in [1.807, 2.05) is 41.5 Å². The molecule has 0 saturated carbocycles. The molecule has 1 N–H and O–H groups in total. The maximum absolute atomic E-state index is 12.8. The van der Waals surface area contributed by atoms with Crippen LogP contribution in [0.2, 0.25) is 0 Å². The number of amides is 2. The standard InChI is InChI=1S/C14H26N2O2/c1-7-13(6)11(17)15-14(8-2,9-3)12(18)16(13)10(4)5/h10H,7-9H2,1-6H3,(H,15,17). The molecule has 1 fully saturated rings. The minimum absolute atomic E-state index is 0.0259. The largest absolute Gasteiger partial charge is 0.340 e. The van der Waals surface area contributed by atoms with Crippen LogP contribution in [0.25, 0.3) is 0 Å². The first-order chi connectivity index (χ1) is 8.29. The quantitative estimate of drug-likeness (QED) is 0.835. The molecule has 0 bridgehead atoms. The summed E-state index contributed by atoms with van der Waals surface area (Å²) in [6.07, 6.45) is 1.90. The van der Waals surface area contributed by atoms with Crippen molar-refractivity contribution in [3.8, 4) is 0 Å². The smallest absolute Gasteiger partial charge is 0.249 e. The van der Waals surface area contributed by atoms with Gasteiger partial charge >= 0.3 is 0 Å². The average molecular weight is 254 g/mol. The Morgan fingerprint density at radius 1 is 1.11 bits per heavy atom. The van der Waals surface area contributed by atoms with Crippen LogP contribution in [0.5, 0.6) is 0 Å². The molecule has 0 aromatic carbocycles. The Morgan fingerprint density at radius 2 is 1.61 bits per heavy atom. The van der Waals surface area contributed by atoms with Crippen molar-refractivity contribution < 1.29 is 9.59 Å². The molecule has 4 nitrogen and oxygen atoms in total. The maximum Gasteiger partial charge on any atom is 0.249 e. The van der Waals surface area contributed by atoms with Gasteiger partial charge in [-0.3, -0.25) is 9.59 Å². The summed E-state index contributed by atoms with van der Waals surface area (Å²) in [4.78, 5) is 27.0. The summed E-state index contributed by atoms with van der Waals surface area (Å²) in [5.41, 5.74) is -1.44. The topological polar surface area (TPSA) is 49.4 Å². The molecular formula is C14H26N2O2. The minimum atomic E-state index is -0.723. The maximum atomic E-state index is 12.8. The number of piperazine rings is 1. The van der Waals surface area contributed by atoms with Crippen LogP contribution in [0, 0.1) is 0 Å². The summed E-state index contributed by atoms with van der Waals surface area (Å²) in [5, 5.41) is 2.98. The van der Waals surface area contributed by atoms with E-state index in [0.29, 0.717) is 19.3 Å². The number of rotatable bonds is 4. The van der Waals surface area contributed by atoms with Crippen molar-refractivity contribution in [1.82, 2.24) is 10.2 Å². The summed E-state index contributed by atoms with van der Waals surface area (Å²) < 4.78 is 0. The molecule has 0 aromatic rings. The molecule has 0 spiro atoms. The van der Waals surface area contributed by atoms with Crippen LogP contribution in [0.3, 0.4) is 0 Å². The second kappa shape index (κ2) is 4.90. The van der Waals surface area contributed by atoms with E-state index in [4.69, 9.17) is 0 Å². The van der Waals surface area contributed by atoms with Gasteiger partial charge in [0.1, 0.15) is 11.1 Å². The number of nitrogens with zero attached hydrogens (tertiary/aromatic N) is 1. The van der Waals surface area contributed by atoms with E-state index in [-0.39, 0.29) is 17.9 Å². The van der Waals surface area contributed by atoms with Crippen LogP contribution in [-0.4, -0.2) is 33.8 Å². The highest BCUT2D eigenvalue weighted by molar-refractivity contribution is 6.02. The highest BCUT2D eigenvalue weighted by atomic mass is 16.2. The van der Waals surface area contributed by atoms with E-state index in [2.05, 4.69) is 5.32 Å². The van der Waals surface area contributed by atoms with E-state index >= 15 is 0 Å². The molecule has 4 heteroatoms. The zero-order valence-electron chi connectivity index (χ0n) is 12.5. The Balaban J connectivity index is 3.30. The molecular weight excluding hydrogens is 228 g/mol. The first-order valence-electron chi connectivity index (χ1n) is 6.95. The molecule has 104 valence electrons. The highest BCUT2D eigenvalue weighted by Gasteiger charge is 2.54. The van der Waals surface area contributed by atoms with Gasteiger partial charge < -0.3 is 10.2 Å². The van der Waals surface area contributed by atoms with Crippen LogP contribution >= 0.6 is 0 Å². The van der Waals surface area contributed by atoms with Crippen molar-refractivity contribution in [2.75, 3.05) is 0 Å². The van der Waals surface area contributed by atoms with E-state index in [0.717, 1.165) is 0 Å². The first-order valence-corrected chi connectivity index (χ1v) is 6.95.